The van der Waals surface area contributed by atoms with Gasteiger partial charge in [0, 0.05) is 36.8 Å². The van der Waals surface area contributed by atoms with Crippen molar-refractivity contribution in [1.82, 2.24) is 29.8 Å². The molecule has 0 radical (unpaired) electrons. The number of imidazole rings is 1. The smallest absolute Gasteiger partial charge is 0.228 e. The number of rotatable bonds is 5. The summed E-state index contributed by atoms with van der Waals surface area (Å²) in [5, 5.41) is 7.12. The van der Waals surface area contributed by atoms with Crippen LogP contribution in [0.1, 0.15) is 38.6 Å². The van der Waals surface area contributed by atoms with E-state index in [1.165, 1.54) is 25.1 Å². The van der Waals surface area contributed by atoms with Gasteiger partial charge in [-0.25, -0.2) is 24.3 Å². The quantitative estimate of drug-likeness (QED) is 0.382. The Morgan fingerprint density at radius 1 is 1.14 bits per heavy atom. The Morgan fingerprint density at radius 3 is 2.69 bits per heavy atom. The SMILES string of the molecule is Cc1nc2c(F)cc(-c3nc(Nc4ccc(N5CCNC6(CC6)C5)cn4)ncc3Cl)cc2n1C(C)C. The molecule has 0 bridgehead atoms. The Balaban J connectivity index is 1.27. The number of fused-ring (bicyclic) bond motifs is 1. The van der Waals surface area contributed by atoms with E-state index in [9.17, 15) is 0 Å². The summed E-state index contributed by atoms with van der Waals surface area (Å²) in [6, 6.07) is 7.41. The summed E-state index contributed by atoms with van der Waals surface area (Å²) in [5.41, 5.74) is 3.46. The zero-order valence-electron chi connectivity index (χ0n) is 20.5. The monoisotopic (exact) mass is 506 g/mol. The van der Waals surface area contributed by atoms with Gasteiger partial charge in [-0.1, -0.05) is 11.6 Å². The van der Waals surface area contributed by atoms with Crippen molar-refractivity contribution in [3.63, 3.8) is 0 Å². The summed E-state index contributed by atoms with van der Waals surface area (Å²) in [7, 11) is 0. The number of nitrogens with zero attached hydrogens (tertiary/aromatic N) is 6. The van der Waals surface area contributed by atoms with Crippen LogP contribution in [0.4, 0.5) is 21.8 Å². The van der Waals surface area contributed by atoms with E-state index in [-0.39, 0.29) is 6.04 Å². The summed E-state index contributed by atoms with van der Waals surface area (Å²) in [6.45, 7) is 8.94. The molecule has 0 atom stereocenters. The van der Waals surface area contributed by atoms with E-state index in [0.717, 1.165) is 31.1 Å². The van der Waals surface area contributed by atoms with Gasteiger partial charge in [0.25, 0.3) is 0 Å². The summed E-state index contributed by atoms with van der Waals surface area (Å²) >= 11 is 6.46. The molecule has 1 aromatic carbocycles. The number of aromatic nitrogens is 5. The van der Waals surface area contributed by atoms with E-state index in [4.69, 9.17) is 11.6 Å². The predicted molar refractivity (Wildman–Crippen MR) is 141 cm³/mol. The highest BCUT2D eigenvalue weighted by atomic mass is 35.5. The largest absolute Gasteiger partial charge is 0.367 e. The van der Waals surface area contributed by atoms with Crippen LogP contribution in [0.2, 0.25) is 5.02 Å². The third-order valence-electron chi connectivity index (χ3n) is 7.04. The molecule has 4 aromatic rings. The molecule has 186 valence electrons. The predicted octanol–water partition coefficient (Wildman–Crippen LogP) is 5.26. The minimum atomic E-state index is -0.410. The van der Waals surface area contributed by atoms with Gasteiger partial charge >= 0.3 is 0 Å². The number of benzene rings is 1. The van der Waals surface area contributed by atoms with Crippen molar-refractivity contribution in [2.24, 2.45) is 0 Å². The molecule has 1 aliphatic heterocycles. The maximum atomic E-state index is 15.0. The fourth-order valence-electron chi connectivity index (χ4n) is 5.11. The van der Waals surface area contributed by atoms with Crippen LogP contribution in [0.25, 0.3) is 22.3 Å². The molecule has 2 aliphatic rings. The molecule has 2 N–H and O–H groups in total. The van der Waals surface area contributed by atoms with Crippen LogP contribution in [-0.4, -0.2) is 49.7 Å². The van der Waals surface area contributed by atoms with Crippen molar-refractivity contribution in [3.05, 3.63) is 53.3 Å². The average Bonchev–Trinajstić information content (AvgIpc) is 3.50. The molecule has 1 saturated heterocycles. The number of aryl methyl sites for hydroxylation is 1. The van der Waals surface area contributed by atoms with Gasteiger partial charge in [-0.3, -0.25) is 0 Å². The molecule has 1 spiro atoms. The van der Waals surface area contributed by atoms with Crippen LogP contribution in [0.3, 0.4) is 0 Å². The van der Waals surface area contributed by atoms with Crippen LogP contribution in [-0.2, 0) is 0 Å². The lowest BCUT2D eigenvalue weighted by atomic mass is 10.1. The molecule has 10 heteroatoms. The first-order chi connectivity index (χ1) is 17.3. The van der Waals surface area contributed by atoms with E-state index < -0.39 is 5.82 Å². The molecule has 3 aromatic heterocycles. The van der Waals surface area contributed by atoms with Crippen molar-refractivity contribution in [3.8, 4) is 11.3 Å². The highest BCUT2D eigenvalue weighted by Crippen LogP contribution is 2.39. The molecule has 0 unspecified atom stereocenters. The molecular formula is C26H28ClFN8. The Hall–Kier alpha value is -3.30. The summed E-state index contributed by atoms with van der Waals surface area (Å²) in [6.07, 6.45) is 5.87. The number of nitrogens with one attached hydrogen (secondary N) is 2. The molecule has 1 aliphatic carbocycles. The van der Waals surface area contributed by atoms with Crippen LogP contribution in [0, 0.1) is 12.7 Å². The zero-order chi connectivity index (χ0) is 25.0. The second-order valence-electron chi connectivity index (χ2n) is 9.99. The van der Waals surface area contributed by atoms with Gasteiger partial charge in [0.1, 0.15) is 17.2 Å². The third kappa shape index (κ3) is 4.16. The molecular weight excluding hydrogens is 479 g/mol. The van der Waals surface area contributed by atoms with Gasteiger partial charge in [-0.2, -0.15) is 0 Å². The minimum absolute atomic E-state index is 0.132. The first kappa shape index (κ1) is 23.1. The van der Waals surface area contributed by atoms with Crippen molar-refractivity contribution < 1.29 is 4.39 Å². The Bertz CT molecular complexity index is 1440. The highest BCUT2D eigenvalue weighted by molar-refractivity contribution is 6.33. The minimum Gasteiger partial charge on any atom is -0.367 e. The summed E-state index contributed by atoms with van der Waals surface area (Å²) in [4.78, 5) is 20.3. The molecule has 6 rings (SSSR count). The number of anilines is 3. The lowest BCUT2D eigenvalue weighted by molar-refractivity contribution is 0.442. The number of pyridine rings is 1. The van der Waals surface area contributed by atoms with Gasteiger partial charge in [0.05, 0.1) is 34.3 Å². The molecule has 4 heterocycles. The molecule has 0 amide bonds. The normalized spacial score (nSPS) is 16.8. The van der Waals surface area contributed by atoms with Crippen LogP contribution in [0.15, 0.2) is 36.7 Å². The standard InChI is InChI=1S/C26H28ClFN8/c1-15(2)36-16(3)32-24-20(28)10-17(11-21(24)36)23-19(27)13-30-25(34-23)33-22-5-4-18(12-29-22)35-9-8-31-26(14-35)6-7-26/h4-5,10-13,15,31H,6-9,14H2,1-3H3,(H,29,30,33,34). The van der Waals surface area contributed by atoms with E-state index in [1.54, 1.807) is 0 Å². The zero-order valence-corrected chi connectivity index (χ0v) is 21.3. The molecule has 8 nitrogen and oxygen atoms in total. The second kappa shape index (κ2) is 8.67. The molecule has 2 fully saturated rings. The van der Waals surface area contributed by atoms with Gasteiger partial charge in [0.15, 0.2) is 5.82 Å². The lowest BCUT2D eigenvalue weighted by Gasteiger charge is -2.35. The van der Waals surface area contributed by atoms with E-state index in [2.05, 4.69) is 41.5 Å². The molecule has 1 saturated carbocycles. The van der Waals surface area contributed by atoms with Crippen LogP contribution < -0.4 is 15.5 Å². The number of hydrogen-bond donors (Lipinski definition) is 2. The van der Waals surface area contributed by atoms with Gasteiger partial charge in [-0.05, 0) is 57.9 Å². The Labute approximate surface area is 213 Å². The van der Waals surface area contributed by atoms with E-state index in [0.29, 0.717) is 44.6 Å². The first-order valence-electron chi connectivity index (χ1n) is 12.3. The summed E-state index contributed by atoms with van der Waals surface area (Å²) in [5.74, 6) is 1.31. The van der Waals surface area contributed by atoms with Crippen LogP contribution >= 0.6 is 11.6 Å². The second-order valence-corrected chi connectivity index (χ2v) is 10.4. The first-order valence-corrected chi connectivity index (χ1v) is 12.6. The fraction of sp³-hybridized carbons (Fsp3) is 0.385. The topological polar surface area (TPSA) is 83.8 Å². The van der Waals surface area contributed by atoms with Gasteiger partial charge in [-0.15, -0.1) is 0 Å². The number of hydrogen-bond acceptors (Lipinski definition) is 7. The lowest BCUT2D eigenvalue weighted by Crippen LogP contribution is -2.52. The van der Waals surface area contributed by atoms with E-state index in [1.807, 2.05) is 43.7 Å². The van der Waals surface area contributed by atoms with E-state index >= 15 is 4.39 Å². The maximum Gasteiger partial charge on any atom is 0.228 e. The highest BCUT2D eigenvalue weighted by Gasteiger charge is 2.45. The number of halogens is 2. The van der Waals surface area contributed by atoms with Crippen molar-refractivity contribution in [2.45, 2.75) is 45.2 Å². The summed E-state index contributed by atoms with van der Waals surface area (Å²) < 4.78 is 17.0. The Kier molecular flexibility index (Phi) is 5.57. The van der Waals surface area contributed by atoms with Gasteiger partial charge in [0.2, 0.25) is 5.95 Å². The molecule has 36 heavy (non-hydrogen) atoms. The maximum absolute atomic E-state index is 15.0. The Morgan fingerprint density at radius 2 is 1.97 bits per heavy atom. The van der Waals surface area contributed by atoms with Crippen molar-refractivity contribution >= 4 is 40.1 Å². The number of piperazine rings is 1. The fourth-order valence-corrected chi connectivity index (χ4v) is 5.31. The van der Waals surface area contributed by atoms with Crippen LogP contribution in [0.5, 0.6) is 0 Å². The third-order valence-corrected chi connectivity index (χ3v) is 7.32. The van der Waals surface area contributed by atoms with Crippen molar-refractivity contribution in [2.75, 3.05) is 29.9 Å². The van der Waals surface area contributed by atoms with Gasteiger partial charge < -0.3 is 20.1 Å². The van der Waals surface area contributed by atoms with Crippen molar-refractivity contribution in [1.29, 1.82) is 0 Å². The average molecular weight is 507 g/mol.